The molecule has 222 valence electrons. The Morgan fingerprint density at radius 3 is 1.98 bits per heavy atom. The summed E-state index contributed by atoms with van der Waals surface area (Å²) >= 11 is 0. The lowest BCUT2D eigenvalue weighted by atomic mass is 9.96. The van der Waals surface area contributed by atoms with Gasteiger partial charge in [0.15, 0.2) is 24.5 Å². The molecule has 5 atom stereocenters. The molecular formula is C30H31NO11. The smallest absolute Gasteiger partial charge is 0.303 e. The second kappa shape index (κ2) is 12.9. The number of pyridine rings is 1. The van der Waals surface area contributed by atoms with Crippen LogP contribution in [0.5, 0.6) is 5.75 Å². The third-order valence-corrected chi connectivity index (χ3v) is 6.58. The number of fused-ring (bicyclic) bond motifs is 1. The van der Waals surface area contributed by atoms with Crippen LogP contribution in [0.15, 0.2) is 59.4 Å². The molecule has 3 aromatic rings. The molecule has 0 aliphatic carbocycles. The number of hydrogen-bond donors (Lipinski definition) is 0. The number of carbonyl (C=O) groups excluding carboxylic acids is 4. The highest BCUT2D eigenvalue weighted by molar-refractivity contribution is 5.94. The number of nitrogens with zero attached hydrogens (tertiary/aromatic N) is 1. The molecule has 0 radical (unpaired) electrons. The van der Waals surface area contributed by atoms with Gasteiger partial charge in [-0.2, -0.15) is 0 Å². The minimum atomic E-state index is -1.43. The number of methoxy groups -OCH3 is 1. The summed E-state index contributed by atoms with van der Waals surface area (Å²) in [7, 11) is 1.55. The van der Waals surface area contributed by atoms with E-state index < -0.39 is 66.7 Å². The minimum Gasteiger partial charge on any atom is -0.497 e. The Morgan fingerprint density at radius 1 is 0.786 bits per heavy atom. The lowest BCUT2D eigenvalue weighted by Crippen LogP contribution is -2.61. The van der Waals surface area contributed by atoms with Gasteiger partial charge in [-0.1, -0.05) is 30.3 Å². The molecule has 1 saturated heterocycles. The first-order chi connectivity index (χ1) is 20.0. The highest BCUT2D eigenvalue weighted by Crippen LogP contribution is 2.37. The van der Waals surface area contributed by atoms with Crippen LogP contribution < -0.4 is 10.3 Å². The zero-order chi connectivity index (χ0) is 30.6. The average Bonchev–Trinajstić information content (AvgIpc) is 2.93. The molecule has 0 bridgehead atoms. The van der Waals surface area contributed by atoms with E-state index in [1.54, 1.807) is 37.4 Å². The Labute approximate surface area is 241 Å². The summed E-state index contributed by atoms with van der Waals surface area (Å²) in [6.45, 7) is 4.18. The number of benzene rings is 2. The average molecular weight is 582 g/mol. The van der Waals surface area contributed by atoms with Gasteiger partial charge in [-0.25, -0.2) is 0 Å². The van der Waals surface area contributed by atoms with Gasteiger partial charge >= 0.3 is 23.9 Å². The van der Waals surface area contributed by atoms with Gasteiger partial charge in [-0.3, -0.25) is 28.5 Å². The number of para-hydroxylation sites is 1. The van der Waals surface area contributed by atoms with Crippen LogP contribution in [-0.2, 0) is 42.9 Å². The number of hydrogen-bond acceptors (Lipinski definition) is 11. The SMILES string of the molecule is COc1ccc(-c2cc(=O)n([C@@H]3O[C@H](COC(C)=O)[C@H](OC(C)=O)[C@H](OC(C)=O)[C@H]3OC(C)=O)c3ccccc23)cc1. The van der Waals surface area contributed by atoms with Crippen LogP contribution >= 0.6 is 0 Å². The fourth-order valence-corrected chi connectivity index (χ4v) is 4.99. The third-order valence-electron chi connectivity index (χ3n) is 6.58. The van der Waals surface area contributed by atoms with E-state index in [2.05, 4.69) is 0 Å². The van der Waals surface area contributed by atoms with Crippen molar-refractivity contribution in [2.75, 3.05) is 13.7 Å². The van der Waals surface area contributed by atoms with Crippen molar-refractivity contribution in [2.24, 2.45) is 0 Å². The molecular weight excluding hydrogens is 550 g/mol. The summed E-state index contributed by atoms with van der Waals surface area (Å²) in [6.07, 6.45) is -6.77. The number of carbonyl (C=O) groups is 4. The number of esters is 4. The molecule has 0 spiro atoms. The zero-order valence-corrected chi connectivity index (χ0v) is 23.7. The lowest BCUT2D eigenvalue weighted by Gasteiger charge is -2.45. The van der Waals surface area contributed by atoms with Crippen LogP contribution in [0.25, 0.3) is 22.0 Å². The number of rotatable bonds is 8. The van der Waals surface area contributed by atoms with Crippen molar-refractivity contribution in [2.45, 2.75) is 58.3 Å². The molecule has 0 amide bonds. The fourth-order valence-electron chi connectivity index (χ4n) is 4.99. The molecule has 1 aliphatic heterocycles. The Balaban J connectivity index is 1.93. The Bertz CT molecular complexity index is 1550. The summed E-state index contributed by atoms with van der Waals surface area (Å²) in [5.74, 6) is -2.28. The van der Waals surface area contributed by atoms with E-state index in [1.165, 1.54) is 17.6 Å². The Hall–Kier alpha value is -4.71. The maximum Gasteiger partial charge on any atom is 0.303 e. The first kappa shape index (κ1) is 30.3. The summed E-state index contributed by atoms with van der Waals surface area (Å²) in [4.78, 5) is 62.1. The summed E-state index contributed by atoms with van der Waals surface area (Å²) in [5.41, 5.74) is 1.26. The van der Waals surface area contributed by atoms with Crippen molar-refractivity contribution in [3.63, 3.8) is 0 Å². The van der Waals surface area contributed by atoms with Crippen LogP contribution in [0, 0.1) is 0 Å². The molecule has 12 nitrogen and oxygen atoms in total. The first-order valence-electron chi connectivity index (χ1n) is 13.1. The van der Waals surface area contributed by atoms with E-state index in [-0.39, 0.29) is 0 Å². The molecule has 4 rings (SSSR count). The number of ether oxygens (including phenoxy) is 6. The quantitative estimate of drug-likeness (QED) is 0.286. The van der Waals surface area contributed by atoms with E-state index in [0.717, 1.165) is 26.3 Å². The van der Waals surface area contributed by atoms with Gasteiger partial charge in [0.2, 0.25) is 0 Å². The van der Waals surface area contributed by atoms with E-state index >= 15 is 0 Å². The maximum atomic E-state index is 13.9. The predicted octanol–water partition coefficient (Wildman–Crippen LogP) is 2.93. The molecule has 1 aromatic heterocycles. The minimum absolute atomic E-state index is 0.412. The van der Waals surface area contributed by atoms with Gasteiger partial charge in [0, 0.05) is 39.1 Å². The summed E-state index contributed by atoms with van der Waals surface area (Å²) in [6, 6.07) is 15.6. The molecule has 42 heavy (non-hydrogen) atoms. The second-order valence-electron chi connectivity index (χ2n) is 9.60. The molecule has 2 aromatic carbocycles. The summed E-state index contributed by atoms with van der Waals surface area (Å²) < 4.78 is 34.5. The van der Waals surface area contributed by atoms with E-state index in [1.807, 2.05) is 18.2 Å². The van der Waals surface area contributed by atoms with Gasteiger partial charge in [0.05, 0.1) is 12.6 Å². The normalized spacial score (nSPS) is 21.7. The van der Waals surface area contributed by atoms with Gasteiger partial charge in [0.1, 0.15) is 18.5 Å². The van der Waals surface area contributed by atoms with E-state index in [9.17, 15) is 24.0 Å². The monoisotopic (exact) mass is 581 g/mol. The highest BCUT2D eigenvalue weighted by Gasteiger charge is 2.53. The lowest BCUT2D eigenvalue weighted by molar-refractivity contribution is -0.268. The standard InChI is InChI=1S/C30H31NO11/c1-16(32)38-15-25-27(39-17(2)33)28(40-18(3)34)29(41-19(4)35)30(42-25)31-24-9-7-6-8-22(24)23(14-26(31)36)20-10-12-21(37-5)13-11-20/h6-14,25,27-30H,15H2,1-5H3/t25-,27+,28+,29-,30-/m1/s1. The van der Waals surface area contributed by atoms with Crippen LogP contribution in [0.4, 0.5) is 0 Å². The van der Waals surface area contributed by atoms with Gasteiger partial charge < -0.3 is 28.4 Å². The van der Waals surface area contributed by atoms with Gasteiger partial charge in [-0.05, 0) is 29.3 Å². The fraction of sp³-hybridized carbons (Fsp3) is 0.367. The maximum absolute atomic E-state index is 13.9. The highest BCUT2D eigenvalue weighted by atomic mass is 16.7. The molecule has 0 saturated carbocycles. The first-order valence-corrected chi connectivity index (χ1v) is 13.1. The zero-order valence-electron chi connectivity index (χ0n) is 23.7. The predicted molar refractivity (Wildman–Crippen MR) is 147 cm³/mol. The van der Waals surface area contributed by atoms with E-state index in [0.29, 0.717) is 22.2 Å². The molecule has 12 heteroatoms. The Morgan fingerprint density at radius 2 is 1.38 bits per heavy atom. The van der Waals surface area contributed by atoms with Crippen LogP contribution in [0.1, 0.15) is 33.9 Å². The van der Waals surface area contributed by atoms with Crippen molar-refractivity contribution in [3.8, 4) is 16.9 Å². The van der Waals surface area contributed by atoms with Crippen molar-refractivity contribution in [1.82, 2.24) is 4.57 Å². The van der Waals surface area contributed by atoms with Crippen molar-refractivity contribution in [1.29, 1.82) is 0 Å². The largest absolute Gasteiger partial charge is 0.497 e. The third kappa shape index (κ3) is 6.60. The molecule has 1 aliphatic rings. The van der Waals surface area contributed by atoms with Crippen LogP contribution in [0.3, 0.4) is 0 Å². The molecule has 1 fully saturated rings. The molecule has 0 N–H and O–H groups in total. The topological polar surface area (TPSA) is 146 Å². The molecule has 0 unspecified atom stereocenters. The van der Waals surface area contributed by atoms with Crippen LogP contribution in [-0.4, -0.2) is 66.6 Å². The van der Waals surface area contributed by atoms with E-state index in [4.69, 9.17) is 28.4 Å². The van der Waals surface area contributed by atoms with Gasteiger partial charge in [0.25, 0.3) is 5.56 Å². The van der Waals surface area contributed by atoms with Crippen molar-refractivity contribution < 1.29 is 47.6 Å². The number of aromatic nitrogens is 1. The second-order valence-corrected chi connectivity index (χ2v) is 9.60. The van der Waals surface area contributed by atoms with Gasteiger partial charge in [-0.15, -0.1) is 0 Å². The van der Waals surface area contributed by atoms with Crippen molar-refractivity contribution in [3.05, 3.63) is 65.0 Å². The van der Waals surface area contributed by atoms with Crippen LogP contribution in [0.2, 0.25) is 0 Å². The van der Waals surface area contributed by atoms with Crippen molar-refractivity contribution >= 4 is 34.8 Å². The molecule has 2 heterocycles. The summed E-state index contributed by atoms with van der Waals surface area (Å²) in [5, 5.41) is 0.662. The Kier molecular flexibility index (Phi) is 9.26.